The summed E-state index contributed by atoms with van der Waals surface area (Å²) in [5.41, 5.74) is 3.89. The maximum Gasteiger partial charge on any atom is 0.422 e. The van der Waals surface area contributed by atoms with Crippen LogP contribution in [0, 0.1) is 5.82 Å². The van der Waals surface area contributed by atoms with Gasteiger partial charge in [-0.05, 0) is 36.8 Å². The topological polar surface area (TPSA) is 96.0 Å². The molecule has 2 heterocycles. The number of rotatable bonds is 8. The molecule has 0 saturated carbocycles. The summed E-state index contributed by atoms with van der Waals surface area (Å²) >= 11 is 0. The Kier molecular flexibility index (Phi) is 7.76. The Morgan fingerprint density at radius 1 is 1.14 bits per heavy atom. The zero-order chi connectivity index (χ0) is 26.7. The predicted molar refractivity (Wildman–Crippen MR) is 111 cm³/mol. The second kappa shape index (κ2) is 10.3. The van der Waals surface area contributed by atoms with E-state index in [1.807, 2.05) is 0 Å². The van der Waals surface area contributed by atoms with Crippen molar-refractivity contribution in [2.75, 3.05) is 19.8 Å². The Hall–Kier alpha value is -3.42. The maximum atomic E-state index is 14.8. The summed E-state index contributed by atoms with van der Waals surface area (Å²) in [4.78, 5) is 20.4. The van der Waals surface area contributed by atoms with Crippen molar-refractivity contribution >= 4 is 11.8 Å². The average Bonchev–Trinajstić information content (AvgIpc) is 2.77. The molecule has 0 unspecified atom stereocenters. The molecule has 2 aromatic rings. The number of ether oxygens (including phenoxy) is 3. The van der Waals surface area contributed by atoms with Gasteiger partial charge in [-0.3, -0.25) is 4.79 Å². The molecule has 0 saturated heterocycles. The normalized spacial score (nSPS) is 20.4. The Balaban J connectivity index is 1.80. The molecule has 7 nitrogen and oxygen atoms in total. The Morgan fingerprint density at radius 3 is 2.44 bits per heavy atom. The van der Waals surface area contributed by atoms with E-state index in [0.717, 1.165) is 18.3 Å². The molecule has 36 heavy (non-hydrogen) atoms. The van der Waals surface area contributed by atoms with Gasteiger partial charge in [0, 0.05) is 12.0 Å². The minimum Gasteiger partial charge on any atom is -0.483 e. The number of hydrogen-bond acceptors (Lipinski definition) is 7. The first-order chi connectivity index (χ1) is 16.7. The highest BCUT2D eigenvalue weighted by Crippen LogP contribution is 2.37. The molecule has 14 heteroatoms. The van der Waals surface area contributed by atoms with Crippen molar-refractivity contribution in [2.45, 2.75) is 37.3 Å². The summed E-state index contributed by atoms with van der Waals surface area (Å²) in [6.07, 6.45) is -9.89. The maximum absolute atomic E-state index is 14.8. The van der Waals surface area contributed by atoms with Gasteiger partial charge >= 0.3 is 12.4 Å². The van der Waals surface area contributed by atoms with Crippen molar-refractivity contribution in [1.29, 1.82) is 0 Å². The molecule has 1 aromatic carbocycles. The van der Waals surface area contributed by atoms with Crippen molar-refractivity contribution in [1.82, 2.24) is 4.98 Å². The van der Waals surface area contributed by atoms with E-state index in [2.05, 4.69) is 14.7 Å². The summed E-state index contributed by atoms with van der Waals surface area (Å²) in [5.74, 6) is -1.57. The number of aromatic nitrogens is 1. The molecule has 0 bridgehead atoms. The number of alkyl halides is 6. The monoisotopic (exact) mass is 523 g/mol. The molecule has 0 spiro atoms. The quantitative estimate of drug-likeness (QED) is 0.414. The molecular weight excluding hydrogens is 503 g/mol. The standard InChI is InChI=1S/C22H20F7N3O4/c1-20(18(9-34-19(30)32-20)36-11-22(27,28)29)14-6-12(2-4-15(14)23)7-17(33)16-5-3-13(8-31-16)35-10-21(24,25)26/h2-6,8,18H,7,9-11H2,1H3,(H2,30,32)/t18-,20+/m0/s1. The number of nitrogens with zero attached hydrogens (tertiary/aromatic N) is 2. The largest absolute Gasteiger partial charge is 0.483 e. The van der Waals surface area contributed by atoms with Crippen LogP contribution < -0.4 is 10.5 Å². The number of hydrogen-bond donors (Lipinski definition) is 1. The van der Waals surface area contributed by atoms with Gasteiger partial charge in [0.25, 0.3) is 6.02 Å². The van der Waals surface area contributed by atoms with Crippen molar-refractivity contribution in [3.8, 4) is 5.75 Å². The molecule has 196 valence electrons. The van der Waals surface area contributed by atoms with Crippen LogP contribution in [0.1, 0.15) is 28.5 Å². The fraction of sp³-hybridized carbons (Fsp3) is 0.409. The van der Waals surface area contributed by atoms with Gasteiger partial charge in [-0.25, -0.2) is 14.4 Å². The fourth-order valence-electron chi connectivity index (χ4n) is 3.44. The number of benzene rings is 1. The van der Waals surface area contributed by atoms with Crippen molar-refractivity contribution in [3.63, 3.8) is 0 Å². The highest BCUT2D eigenvalue weighted by molar-refractivity contribution is 5.95. The third kappa shape index (κ3) is 7.06. The van der Waals surface area contributed by atoms with Crippen LogP contribution in [-0.2, 0) is 21.4 Å². The summed E-state index contributed by atoms with van der Waals surface area (Å²) in [6.45, 7) is -2.24. The van der Waals surface area contributed by atoms with E-state index in [-0.39, 0.29) is 35.0 Å². The zero-order valence-corrected chi connectivity index (χ0v) is 18.6. The molecule has 0 aliphatic carbocycles. The second-order valence-corrected chi connectivity index (χ2v) is 8.02. The van der Waals surface area contributed by atoms with Gasteiger partial charge in [0.15, 0.2) is 12.4 Å². The number of carbonyl (C=O) groups excluding carboxylic acids is 1. The van der Waals surface area contributed by atoms with E-state index in [1.54, 1.807) is 0 Å². The third-order valence-electron chi connectivity index (χ3n) is 5.17. The van der Waals surface area contributed by atoms with Crippen molar-refractivity contribution in [3.05, 3.63) is 59.2 Å². The van der Waals surface area contributed by atoms with Gasteiger partial charge in [0.05, 0.1) is 6.20 Å². The van der Waals surface area contributed by atoms with Crippen LogP contribution >= 0.6 is 0 Å². The molecule has 3 rings (SSSR count). The van der Waals surface area contributed by atoms with Crippen molar-refractivity contribution in [2.24, 2.45) is 10.7 Å². The summed E-state index contributed by atoms with van der Waals surface area (Å²) in [7, 11) is 0. The van der Waals surface area contributed by atoms with Gasteiger partial charge in [-0.15, -0.1) is 0 Å². The molecule has 0 fully saturated rings. The van der Waals surface area contributed by atoms with Crippen LogP contribution in [0.3, 0.4) is 0 Å². The van der Waals surface area contributed by atoms with Gasteiger partial charge in [-0.2, -0.15) is 26.3 Å². The van der Waals surface area contributed by atoms with Gasteiger partial charge in [0.1, 0.15) is 42.1 Å². The lowest BCUT2D eigenvalue weighted by molar-refractivity contribution is -0.197. The van der Waals surface area contributed by atoms with E-state index in [1.165, 1.54) is 25.1 Å². The highest BCUT2D eigenvalue weighted by atomic mass is 19.4. The Morgan fingerprint density at radius 2 is 1.83 bits per heavy atom. The molecule has 1 aliphatic rings. The number of amidine groups is 1. The lowest BCUT2D eigenvalue weighted by atomic mass is 9.84. The molecule has 0 amide bonds. The molecule has 1 aromatic heterocycles. The van der Waals surface area contributed by atoms with Crippen LogP contribution in [0.25, 0.3) is 0 Å². The lowest BCUT2D eigenvalue weighted by Crippen LogP contribution is -2.48. The molecule has 2 atom stereocenters. The summed E-state index contributed by atoms with van der Waals surface area (Å²) in [5, 5.41) is 0. The number of Topliss-reactive ketones (excluding diaryl/α,β-unsaturated/α-hetero) is 1. The van der Waals surface area contributed by atoms with Crippen molar-refractivity contribution < 1.29 is 49.7 Å². The van der Waals surface area contributed by atoms with Gasteiger partial charge < -0.3 is 19.9 Å². The fourth-order valence-corrected chi connectivity index (χ4v) is 3.44. The van der Waals surface area contributed by atoms with E-state index in [9.17, 15) is 35.5 Å². The van der Waals surface area contributed by atoms with Crippen LogP contribution in [-0.4, -0.2) is 55.1 Å². The van der Waals surface area contributed by atoms with E-state index >= 15 is 0 Å². The number of halogens is 7. The number of aliphatic imine (C=N–C) groups is 1. The Labute approximate surface area is 200 Å². The van der Waals surface area contributed by atoms with E-state index < -0.39 is 55.4 Å². The smallest absolute Gasteiger partial charge is 0.422 e. The first kappa shape index (κ1) is 27.2. The van der Waals surface area contributed by atoms with Crippen LogP contribution in [0.4, 0.5) is 30.7 Å². The number of ketones is 1. The minimum atomic E-state index is -4.65. The minimum absolute atomic E-state index is 0.0915. The Bertz CT molecular complexity index is 1120. The van der Waals surface area contributed by atoms with Crippen LogP contribution in [0.5, 0.6) is 5.75 Å². The summed E-state index contributed by atoms with van der Waals surface area (Å²) < 4.78 is 104. The molecular formula is C22H20F7N3O4. The second-order valence-electron chi connectivity index (χ2n) is 8.02. The highest BCUT2D eigenvalue weighted by Gasteiger charge is 2.44. The van der Waals surface area contributed by atoms with Gasteiger partial charge in [-0.1, -0.05) is 6.07 Å². The van der Waals surface area contributed by atoms with Gasteiger partial charge in [0.2, 0.25) is 0 Å². The third-order valence-corrected chi connectivity index (χ3v) is 5.17. The first-order valence-electron chi connectivity index (χ1n) is 10.3. The molecule has 1 aliphatic heterocycles. The molecule has 0 radical (unpaired) electrons. The van der Waals surface area contributed by atoms with Crippen LogP contribution in [0.15, 0.2) is 41.5 Å². The number of carbonyl (C=O) groups is 1. The molecule has 2 N–H and O–H groups in total. The first-order valence-corrected chi connectivity index (χ1v) is 10.3. The van der Waals surface area contributed by atoms with E-state index in [4.69, 9.17) is 15.2 Å². The lowest BCUT2D eigenvalue weighted by Gasteiger charge is -2.38. The predicted octanol–water partition coefficient (Wildman–Crippen LogP) is 4.09. The number of pyridine rings is 1. The number of nitrogens with two attached hydrogens (primary N) is 1. The van der Waals surface area contributed by atoms with E-state index in [0.29, 0.717) is 0 Å². The zero-order valence-electron chi connectivity index (χ0n) is 18.6. The van der Waals surface area contributed by atoms with Crippen LogP contribution in [0.2, 0.25) is 0 Å². The summed E-state index contributed by atoms with van der Waals surface area (Å²) in [6, 6.07) is 5.50. The SMILES string of the molecule is C[C@]1(c2cc(CC(=O)c3ccc(OCC(F)(F)F)cn3)ccc2F)N=C(N)OC[C@@H]1OCC(F)(F)F. The average molecular weight is 523 g/mol.